The highest BCUT2D eigenvalue weighted by Gasteiger charge is 2.26. The fourth-order valence-electron chi connectivity index (χ4n) is 4.09. The topological polar surface area (TPSA) is 124 Å². The molecule has 8 nitrogen and oxygen atoms in total. The molecule has 2 amide bonds. The van der Waals surface area contributed by atoms with E-state index in [1.54, 1.807) is 12.1 Å². The Kier molecular flexibility index (Phi) is 5.47. The standard InChI is InChI=1S/C22H22N4O4/c27-12-23-18-10-7-14(11-19(18)28)21(29)24-15-8-5-13(6-9-15)20-16-3-1-2-4-17(16)22(30)26-25-20/h1-4,7,10-13,15,28H,5-6,8-9H2,(H,23,27)(H,24,29)(H,26,30). The summed E-state index contributed by atoms with van der Waals surface area (Å²) in [5.74, 6) is -0.203. The molecule has 0 aliphatic heterocycles. The van der Waals surface area contributed by atoms with E-state index in [0.29, 0.717) is 17.4 Å². The zero-order valence-corrected chi connectivity index (χ0v) is 16.2. The van der Waals surface area contributed by atoms with Crippen LogP contribution in [-0.2, 0) is 4.79 Å². The number of phenols is 1. The second-order valence-corrected chi connectivity index (χ2v) is 7.50. The van der Waals surface area contributed by atoms with Gasteiger partial charge in [-0.25, -0.2) is 5.10 Å². The van der Waals surface area contributed by atoms with Gasteiger partial charge in [-0.2, -0.15) is 5.10 Å². The number of nitrogens with zero attached hydrogens (tertiary/aromatic N) is 1. The van der Waals surface area contributed by atoms with E-state index in [1.807, 2.05) is 18.2 Å². The number of rotatable bonds is 5. The van der Waals surface area contributed by atoms with E-state index in [-0.39, 0.29) is 34.9 Å². The molecule has 30 heavy (non-hydrogen) atoms. The van der Waals surface area contributed by atoms with Crippen LogP contribution in [0.3, 0.4) is 0 Å². The van der Waals surface area contributed by atoms with E-state index >= 15 is 0 Å². The Hall–Kier alpha value is -3.68. The minimum absolute atomic E-state index is 0.0256. The van der Waals surface area contributed by atoms with Gasteiger partial charge in [0.2, 0.25) is 6.41 Å². The van der Waals surface area contributed by atoms with Gasteiger partial charge in [-0.3, -0.25) is 14.4 Å². The van der Waals surface area contributed by atoms with Crippen LogP contribution in [0.1, 0.15) is 47.7 Å². The Morgan fingerprint density at radius 2 is 1.83 bits per heavy atom. The van der Waals surface area contributed by atoms with Crippen LogP contribution in [-0.4, -0.2) is 33.7 Å². The highest BCUT2D eigenvalue weighted by molar-refractivity contribution is 5.95. The van der Waals surface area contributed by atoms with Gasteiger partial charge in [0.05, 0.1) is 16.8 Å². The molecule has 0 unspecified atom stereocenters. The Morgan fingerprint density at radius 1 is 1.10 bits per heavy atom. The molecule has 3 aromatic rings. The van der Waals surface area contributed by atoms with E-state index in [2.05, 4.69) is 20.8 Å². The van der Waals surface area contributed by atoms with Gasteiger partial charge in [0, 0.05) is 22.9 Å². The Bertz CT molecular complexity index is 1150. The SMILES string of the molecule is O=CNc1ccc(C(=O)NC2CCC(c3n[nH]c(=O)c4ccccc34)CC2)cc1O. The van der Waals surface area contributed by atoms with Crippen LogP contribution in [0, 0.1) is 0 Å². The molecule has 4 rings (SSSR count). The second-order valence-electron chi connectivity index (χ2n) is 7.50. The number of aromatic nitrogens is 2. The Morgan fingerprint density at radius 3 is 2.53 bits per heavy atom. The molecule has 0 saturated heterocycles. The van der Waals surface area contributed by atoms with Crippen molar-refractivity contribution in [3.63, 3.8) is 0 Å². The molecule has 1 aliphatic carbocycles. The lowest BCUT2D eigenvalue weighted by atomic mass is 9.82. The van der Waals surface area contributed by atoms with Gasteiger partial charge in [0.1, 0.15) is 5.75 Å². The lowest BCUT2D eigenvalue weighted by Gasteiger charge is -2.29. The maximum absolute atomic E-state index is 12.5. The summed E-state index contributed by atoms with van der Waals surface area (Å²) in [4.78, 5) is 35.0. The number of benzene rings is 2. The number of hydrogen-bond donors (Lipinski definition) is 4. The molecular formula is C22H22N4O4. The van der Waals surface area contributed by atoms with Crippen molar-refractivity contribution in [3.8, 4) is 5.75 Å². The van der Waals surface area contributed by atoms with Crippen LogP contribution in [0.5, 0.6) is 5.75 Å². The lowest BCUT2D eigenvalue weighted by molar-refractivity contribution is -0.105. The number of phenolic OH excluding ortho intramolecular Hbond substituents is 1. The van der Waals surface area contributed by atoms with E-state index in [4.69, 9.17) is 0 Å². The van der Waals surface area contributed by atoms with E-state index < -0.39 is 0 Å². The van der Waals surface area contributed by atoms with Crippen LogP contribution >= 0.6 is 0 Å². The van der Waals surface area contributed by atoms with E-state index in [0.717, 1.165) is 36.8 Å². The maximum Gasteiger partial charge on any atom is 0.272 e. The average molecular weight is 406 g/mol. The number of anilines is 1. The molecule has 0 atom stereocenters. The molecule has 8 heteroatoms. The number of carbonyl (C=O) groups excluding carboxylic acids is 2. The molecule has 0 bridgehead atoms. The Balaban J connectivity index is 1.41. The third kappa shape index (κ3) is 3.89. The van der Waals surface area contributed by atoms with Gasteiger partial charge in [-0.05, 0) is 49.9 Å². The number of amides is 2. The van der Waals surface area contributed by atoms with Crippen molar-refractivity contribution in [2.75, 3.05) is 5.32 Å². The molecule has 154 valence electrons. The van der Waals surface area contributed by atoms with Crippen molar-refractivity contribution in [1.29, 1.82) is 0 Å². The van der Waals surface area contributed by atoms with Gasteiger partial charge >= 0.3 is 0 Å². The number of carbonyl (C=O) groups is 2. The van der Waals surface area contributed by atoms with Gasteiger partial charge in [0.25, 0.3) is 11.5 Å². The zero-order chi connectivity index (χ0) is 21.1. The summed E-state index contributed by atoms with van der Waals surface area (Å²) < 4.78 is 0. The van der Waals surface area contributed by atoms with Crippen molar-refractivity contribution in [1.82, 2.24) is 15.5 Å². The highest BCUT2D eigenvalue weighted by atomic mass is 16.3. The molecule has 2 aromatic carbocycles. The summed E-state index contributed by atoms with van der Waals surface area (Å²) >= 11 is 0. The van der Waals surface area contributed by atoms with Crippen LogP contribution in [0.2, 0.25) is 0 Å². The van der Waals surface area contributed by atoms with Crippen LogP contribution in [0.15, 0.2) is 47.3 Å². The van der Waals surface area contributed by atoms with E-state index in [1.165, 1.54) is 12.1 Å². The second kappa shape index (κ2) is 8.36. The summed E-state index contributed by atoms with van der Waals surface area (Å²) in [5, 5.41) is 23.7. The van der Waals surface area contributed by atoms with Crippen molar-refractivity contribution in [2.45, 2.75) is 37.6 Å². The average Bonchev–Trinajstić information content (AvgIpc) is 2.76. The summed E-state index contributed by atoms with van der Waals surface area (Å²) in [6, 6.07) is 11.9. The van der Waals surface area contributed by atoms with Crippen LogP contribution in [0.25, 0.3) is 10.8 Å². The zero-order valence-electron chi connectivity index (χ0n) is 16.2. The summed E-state index contributed by atoms with van der Waals surface area (Å²) in [5.41, 5.74) is 1.30. The number of hydrogen-bond acceptors (Lipinski definition) is 5. The number of nitrogens with one attached hydrogen (secondary N) is 3. The first kappa shape index (κ1) is 19.6. The first-order valence-electron chi connectivity index (χ1n) is 9.88. The first-order valence-corrected chi connectivity index (χ1v) is 9.88. The summed E-state index contributed by atoms with van der Waals surface area (Å²) in [6.45, 7) is 0. The predicted molar refractivity (Wildman–Crippen MR) is 113 cm³/mol. The maximum atomic E-state index is 12.5. The number of fused-ring (bicyclic) bond motifs is 1. The molecule has 1 aromatic heterocycles. The van der Waals surface area contributed by atoms with Crippen LogP contribution < -0.4 is 16.2 Å². The fourth-order valence-corrected chi connectivity index (χ4v) is 4.09. The van der Waals surface area contributed by atoms with Gasteiger partial charge in [-0.15, -0.1) is 0 Å². The highest BCUT2D eigenvalue weighted by Crippen LogP contribution is 2.34. The summed E-state index contributed by atoms with van der Waals surface area (Å²) in [6.07, 6.45) is 3.75. The van der Waals surface area contributed by atoms with Gasteiger partial charge in [0.15, 0.2) is 0 Å². The molecule has 0 spiro atoms. The predicted octanol–water partition coefficient (Wildman–Crippen LogP) is 2.65. The molecule has 1 heterocycles. The van der Waals surface area contributed by atoms with Gasteiger partial charge < -0.3 is 15.7 Å². The number of aromatic hydroxyl groups is 1. The van der Waals surface area contributed by atoms with Crippen LogP contribution in [0.4, 0.5) is 5.69 Å². The smallest absolute Gasteiger partial charge is 0.272 e. The first-order chi connectivity index (χ1) is 14.6. The van der Waals surface area contributed by atoms with Crippen molar-refractivity contribution >= 4 is 28.8 Å². The molecular weight excluding hydrogens is 384 g/mol. The summed E-state index contributed by atoms with van der Waals surface area (Å²) in [7, 11) is 0. The molecule has 1 saturated carbocycles. The molecule has 4 N–H and O–H groups in total. The Labute approximate surface area is 172 Å². The quantitative estimate of drug-likeness (QED) is 0.383. The van der Waals surface area contributed by atoms with Crippen molar-refractivity contribution in [3.05, 3.63) is 64.1 Å². The van der Waals surface area contributed by atoms with Gasteiger partial charge in [-0.1, -0.05) is 18.2 Å². The third-order valence-corrected chi connectivity index (χ3v) is 5.65. The van der Waals surface area contributed by atoms with E-state index in [9.17, 15) is 19.5 Å². The minimum atomic E-state index is -0.265. The van der Waals surface area contributed by atoms with Crippen molar-refractivity contribution in [2.24, 2.45) is 0 Å². The third-order valence-electron chi connectivity index (χ3n) is 5.65. The lowest BCUT2D eigenvalue weighted by Crippen LogP contribution is -2.37. The molecule has 1 aliphatic rings. The normalized spacial score (nSPS) is 18.7. The number of H-pyrrole nitrogens is 1. The monoisotopic (exact) mass is 406 g/mol. The minimum Gasteiger partial charge on any atom is -0.506 e. The largest absolute Gasteiger partial charge is 0.506 e. The van der Waals surface area contributed by atoms with Crippen molar-refractivity contribution < 1.29 is 14.7 Å². The number of aromatic amines is 1. The molecule has 1 fully saturated rings. The fraction of sp³-hybridized carbons (Fsp3) is 0.273. The molecule has 0 radical (unpaired) electrons.